The number of ether oxygens (including phenoxy) is 1. The average molecular weight is 460 g/mol. The molecule has 2 aromatic carbocycles. The van der Waals surface area contributed by atoms with Gasteiger partial charge in [0.2, 0.25) is 5.91 Å². The molecule has 1 aliphatic heterocycles. The van der Waals surface area contributed by atoms with Gasteiger partial charge in [0.25, 0.3) is 0 Å². The maximum Gasteiger partial charge on any atom is 0.223 e. The molecule has 5 rings (SSSR count). The Balaban J connectivity index is 1.25. The molecule has 2 aliphatic rings. The number of hydrogen-bond donors (Lipinski definition) is 0. The molecule has 0 radical (unpaired) electrons. The first-order valence-electron chi connectivity index (χ1n) is 13.1. The summed E-state index contributed by atoms with van der Waals surface area (Å²) in [5.74, 6) is 3.04. The lowest BCUT2D eigenvalue weighted by Crippen LogP contribution is -2.34. The van der Waals surface area contributed by atoms with Crippen molar-refractivity contribution in [3.8, 4) is 5.75 Å². The second-order valence-corrected chi connectivity index (χ2v) is 10.2. The van der Waals surface area contributed by atoms with Gasteiger partial charge in [-0.05, 0) is 55.4 Å². The highest BCUT2D eigenvalue weighted by Crippen LogP contribution is 2.35. The zero-order valence-electron chi connectivity index (χ0n) is 20.6. The van der Waals surface area contributed by atoms with Crippen LogP contribution in [-0.2, 0) is 11.3 Å². The number of rotatable bonds is 9. The number of aryl methyl sites for hydroxylation is 1. The molecule has 1 aromatic heterocycles. The van der Waals surface area contributed by atoms with E-state index in [0.717, 1.165) is 55.9 Å². The third-order valence-electron chi connectivity index (χ3n) is 7.55. The van der Waals surface area contributed by atoms with E-state index in [9.17, 15) is 4.79 Å². The summed E-state index contributed by atoms with van der Waals surface area (Å²) in [4.78, 5) is 20.0. The molecule has 5 nitrogen and oxygen atoms in total. The number of nitrogens with zero attached hydrogens (tertiary/aromatic N) is 3. The summed E-state index contributed by atoms with van der Waals surface area (Å²) in [6.45, 7) is 6.84. The van der Waals surface area contributed by atoms with Gasteiger partial charge in [0.05, 0.1) is 17.6 Å². The highest BCUT2D eigenvalue weighted by atomic mass is 16.5. The van der Waals surface area contributed by atoms with Crippen LogP contribution in [0.3, 0.4) is 0 Å². The highest BCUT2D eigenvalue weighted by Gasteiger charge is 2.38. The van der Waals surface area contributed by atoms with Gasteiger partial charge in [-0.15, -0.1) is 0 Å². The lowest BCUT2D eigenvalue weighted by molar-refractivity contribution is -0.129. The fourth-order valence-corrected chi connectivity index (χ4v) is 5.76. The van der Waals surface area contributed by atoms with Gasteiger partial charge in [0.15, 0.2) is 0 Å². The van der Waals surface area contributed by atoms with Crippen molar-refractivity contribution in [3.05, 3.63) is 59.9 Å². The Hall–Kier alpha value is -2.82. The van der Waals surface area contributed by atoms with E-state index in [4.69, 9.17) is 9.72 Å². The number of benzene rings is 2. The van der Waals surface area contributed by atoms with Gasteiger partial charge >= 0.3 is 0 Å². The standard InChI is InChI=1S/C29H37N3O2/c1-21(2)24-13-5-8-16-27(24)34-18-10-9-17-31-26-15-7-6-14-25(26)30-29(31)22-19-28(33)32(20-22)23-11-3-4-12-23/h5-8,13-16,21-23H,3-4,9-12,17-20H2,1-2H3. The van der Waals surface area contributed by atoms with E-state index in [2.05, 4.69) is 59.7 Å². The first-order chi connectivity index (χ1) is 16.6. The van der Waals surface area contributed by atoms with Gasteiger partial charge in [-0.1, -0.05) is 57.0 Å². The highest BCUT2D eigenvalue weighted by molar-refractivity contribution is 5.81. The van der Waals surface area contributed by atoms with E-state index in [-0.39, 0.29) is 5.92 Å². The maximum atomic E-state index is 12.9. The number of hydrogen-bond acceptors (Lipinski definition) is 3. The van der Waals surface area contributed by atoms with Crippen molar-refractivity contribution in [1.82, 2.24) is 14.5 Å². The number of para-hydroxylation sites is 3. The molecule has 1 atom stereocenters. The molecular formula is C29H37N3O2. The first kappa shape index (κ1) is 22.9. The van der Waals surface area contributed by atoms with Crippen LogP contribution in [0.1, 0.15) is 82.0 Å². The van der Waals surface area contributed by atoms with E-state index in [0.29, 0.717) is 30.9 Å². The molecule has 0 N–H and O–H groups in total. The van der Waals surface area contributed by atoms with Crippen LogP contribution in [0.2, 0.25) is 0 Å². The quantitative estimate of drug-likeness (QED) is 0.354. The SMILES string of the molecule is CC(C)c1ccccc1OCCCCn1c(C2CC(=O)N(C3CCCC3)C2)nc2ccccc21. The molecular weight excluding hydrogens is 422 g/mol. The van der Waals surface area contributed by atoms with Gasteiger partial charge in [0.1, 0.15) is 11.6 Å². The topological polar surface area (TPSA) is 47.4 Å². The van der Waals surface area contributed by atoms with E-state index < -0.39 is 0 Å². The van der Waals surface area contributed by atoms with Crippen molar-refractivity contribution in [2.24, 2.45) is 0 Å². The van der Waals surface area contributed by atoms with E-state index in [1.165, 1.54) is 23.9 Å². The second kappa shape index (κ2) is 10.2. The number of aromatic nitrogens is 2. The minimum absolute atomic E-state index is 0.190. The number of carbonyl (C=O) groups is 1. The number of fused-ring (bicyclic) bond motifs is 1. The molecule has 1 saturated carbocycles. The molecule has 180 valence electrons. The Morgan fingerprint density at radius 1 is 1.03 bits per heavy atom. The molecule has 5 heteroatoms. The minimum Gasteiger partial charge on any atom is -0.493 e. The van der Waals surface area contributed by atoms with Crippen molar-refractivity contribution in [2.45, 2.75) is 83.2 Å². The molecule has 34 heavy (non-hydrogen) atoms. The van der Waals surface area contributed by atoms with Crippen molar-refractivity contribution in [1.29, 1.82) is 0 Å². The van der Waals surface area contributed by atoms with Crippen LogP contribution in [0.4, 0.5) is 0 Å². The maximum absolute atomic E-state index is 12.9. The molecule has 0 bridgehead atoms. The van der Waals surface area contributed by atoms with Crippen LogP contribution in [0.25, 0.3) is 11.0 Å². The summed E-state index contributed by atoms with van der Waals surface area (Å²) in [7, 11) is 0. The molecule has 1 unspecified atom stereocenters. The summed E-state index contributed by atoms with van der Waals surface area (Å²) in [5, 5.41) is 0. The van der Waals surface area contributed by atoms with Gasteiger partial charge in [-0.2, -0.15) is 0 Å². The zero-order valence-corrected chi connectivity index (χ0v) is 20.6. The summed E-state index contributed by atoms with van der Waals surface area (Å²) < 4.78 is 8.51. The van der Waals surface area contributed by atoms with Crippen LogP contribution in [0, 0.1) is 0 Å². The van der Waals surface area contributed by atoms with Crippen LogP contribution >= 0.6 is 0 Å². The number of carbonyl (C=O) groups excluding carboxylic acids is 1. The number of likely N-dealkylation sites (tertiary alicyclic amines) is 1. The first-order valence-corrected chi connectivity index (χ1v) is 13.1. The van der Waals surface area contributed by atoms with Crippen LogP contribution < -0.4 is 4.74 Å². The van der Waals surface area contributed by atoms with Gasteiger partial charge in [-0.25, -0.2) is 4.98 Å². The van der Waals surface area contributed by atoms with Gasteiger partial charge in [0, 0.05) is 31.5 Å². The summed E-state index contributed by atoms with van der Waals surface area (Å²) >= 11 is 0. The predicted molar refractivity (Wildman–Crippen MR) is 136 cm³/mol. The summed E-state index contributed by atoms with van der Waals surface area (Å²) in [6.07, 6.45) is 7.42. The number of unbranched alkanes of at least 4 members (excludes halogenated alkanes) is 1. The molecule has 2 heterocycles. The smallest absolute Gasteiger partial charge is 0.223 e. The molecule has 2 fully saturated rings. The van der Waals surface area contributed by atoms with E-state index in [1.807, 2.05) is 12.1 Å². The molecule has 1 amide bonds. The van der Waals surface area contributed by atoms with E-state index in [1.54, 1.807) is 0 Å². The second-order valence-electron chi connectivity index (χ2n) is 10.2. The third kappa shape index (κ3) is 4.70. The number of imidazole rings is 1. The van der Waals surface area contributed by atoms with E-state index >= 15 is 0 Å². The summed E-state index contributed by atoms with van der Waals surface area (Å²) in [6, 6.07) is 17.2. The minimum atomic E-state index is 0.190. The van der Waals surface area contributed by atoms with Crippen LogP contribution in [0.5, 0.6) is 5.75 Å². The van der Waals surface area contributed by atoms with Gasteiger partial charge < -0.3 is 14.2 Å². The Kier molecular flexibility index (Phi) is 6.89. The monoisotopic (exact) mass is 459 g/mol. The molecule has 1 aliphatic carbocycles. The Labute approximate surface area is 203 Å². The van der Waals surface area contributed by atoms with Crippen molar-refractivity contribution < 1.29 is 9.53 Å². The predicted octanol–water partition coefficient (Wildman–Crippen LogP) is 6.28. The average Bonchev–Trinajstić information content (AvgIpc) is 3.58. The zero-order chi connectivity index (χ0) is 23.5. The lowest BCUT2D eigenvalue weighted by atomic mass is 10.0. The van der Waals surface area contributed by atoms with Gasteiger partial charge in [-0.3, -0.25) is 4.79 Å². The molecule has 1 saturated heterocycles. The van der Waals surface area contributed by atoms with Crippen LogP contribution in [0.15, 0.2) is 48.5 Å². The lowest BCUT2D eigenvalue weighted by Gasteiger charge is -2.24. The molecule has 3 aromatic rings. The normalized spacial score (nSPS) is 19.1. The number of amides is 1. The Bertz CT molecular complexity index is 1130. The fourth-order valence-electron chi connectivity index (χ4n) is 5.76. The molecule has 0 spiro atoms. The Morgan fingerprint density at radius 2 is 1.79 bits per heavy atom. The summed E-state index contributed by atoms with van der Waals surface area (Å²) in [5.41, 5.74) is 3.48. The third-order valence-corrected chi connectivity index (χ3v) is 7.55. The fraction of sp³-hybridized carbons (Fsp3) is 0.517. The Morgan fingerprint density at radius 3 is 2.62 bits per heavy atom. The largest absolute Gasteiger partial charge is 0.493 e. The van der Waals surface area contributed by atoms with Crippen molar-refractivity contribution in [2.75, 3.05) is 13.2 Å². The van der Waals surface area contributed by atoms with Crippen molar-refractivity contribution in [3.63, 3.8) is 0 Å². The van der Waals surface area contributed by atoms with Crippen LogP contribution in [-0.4, -0.2) is 39.6 Å². The van der Waals surface area contributed by atoms with Crippen molar-refractivity contribution >= 4 is 16.9 Å².